The smallest absolute Gasteiger partial charge is 0.407 e. The number of alkyl halides is 8. The molecule has 0 radical (unpaired) electrons. The fourth-order valence-corrected chi connectivity index (χ4v) is 9.12. The molecule has 4 aromatic rings. The van der Waals surface area contributed by atoms with E-state index in [0.29, 0.717) is 44.1 Å². The van der Waals surface area contributed by atoms with Crippen molar-refractivity contribution in [3.8, 4) is 23.0 Å². The largest absolute Gasteiger partial charge is 0.469 e. The van der Waals surface area contributed by atoms with Gasteiger partial charge in [0.15, 0.2) is 5.78 Å². The molecule has 3 N–H and O–H groups in total. The SMILES string of the molecule is COC(=O)C[C@H](C(=O)NCN(CCc1ccc(-c2cnn(C(F)F)c2)cc1)C[C@H](O)[C@@H](CC(=O)[C@@H](NC(=O)OC)C(C)(C)C(F)(F)F)Cc1ccc(C#Cc2ccc(N3CCN(C4COC4)CC3)nc2)cc1)C(C)(C)C(F)(F)F. The highest BCUT2D eigenvalue weighted by atomic mass is 19.4. The van der Waals surface area contributed by atoms with Crippen LogP contribution >= 0.6 is 0 Å². The van der Waals surface area contributed by atoms with E-state index >= 15 is 0 Å². The average molecular weight is 1120 g/mol. The van der Waals surface area contributed by atoms with Crippen LogP contribution in [0.4, 0.5) is 45.7 Å². The summed E-state index contributed by atoms with van der Waals surface area (Å²) in [7, 11) is 1.87. The molecule has 6 rings (SSSR count). The molecule has 79 heavy (non-hydrogen) atoms. The zero-order chi connectivity index (χ0) is 57.9. The van der Waals surface area contributed by atoms with Gasteiger partial charge in [-0.1, -0.05) is 62.1 Å². The molecule has 0 aliphatic carbocycles. The van der Waals surface area contributed by atoms with E-state index < -0.39 is 104 Å². The molecule has 2 aliphatic heterocycles. The molecule has 0 unspecified atom stereocenters. The molecule has 2 amide bonds. The first-order valence-corrected chi connectivity index (χ1v) is 25.5. The number of nitrogens with one attached hydrogen (secondary N) is 2. The Hall–Kier alpha value is -6.68. The second-order valence-electron chi connectivity index (χ2n) is 20.8. The van der Waals surface area contributed by atoms with Crippen LogP contribution in [0.2, 0.25) is 0 Å². The number of pyridine rings is 1. The number of aliphatic hydroxyl groups excluding tert-OH is 1. The molecular weight excluding hydrogens is 1050 g/mol. The third-order valence-electron chi connectivity index (χ3n) is 14.8. The Morgan fingerprint density at radius 3 is 1.96 bits per heavy atom. The van der Waals surface area contributed by atoms with Crippen molar-refractivity contribution < 1.29 is 73.6 Å². The number of anilines is 1. The third-order valence-corrected chi connectivity index (χ3v) is 14.8. The third kappa shape index (κ3) is 16.2. The predicted molar refractivity (Wildman–Crippen MR) is 274 cm³/mol. The number of carbonyl (C=O) groups is 4. The van der Waals surface area contributed by atoms with Crippen LogP contribution in [0.3, 0.4) is 0 Å². The van der Waals surface area contributed by atoms with E-state index in [4.69, 9.17) is 4.74 Å². The number of alkyl carbamates (subject to hydrolysis) is 1. The van der Waals surface area contributed by atoms with Gasteiger partial charge in [0, 0.05) is 74.8 Å². The number of piperazine rings is 1. The topological polar surface area (TPSA) is 181 Å². The number of aromatic nitrogens is 3. The van der Waals surface area contributed by atoms with Gasteiger partial charge < -0.3 is 34.9 Å². The van der Waals surface area contributed by atoms with Crippen molar-refractivity contribution in [3.63, 3.8) is 0 Å². The first-order valence-electron chi connectivity index (χ1n) is 25.5. The number of benzene rings is 2. The fraction of sp³-hybridized carbons (Fsp3) is 0.527. The normalized spacial score (nSPS) is 16.3. The van der Waals surface area contributed by atoms with Gasteiger partial charge in [-0.25, -0.2) is 14.5 Å². The fourth-order valence-electron chi connectivity index (χ4n) is 9.12. The molecule has 2 saturated heterocycles. The Kier molecular flexibility index (Phi) is 20.7. The molecular formula is C55H66F8N8O8. The zero-order valence-electron chi connectivity index (χ0n) is 44.7. The molecule has 4 heterocycles. The van der Waals surface area contributed by atoms with Crippen molar-refractivity contribution in [1.29, 1.82) is 0 Å². The van der Waals surface area contributed by atoms with Gasteiger partial charge in [0.1, 0.15) is 11.9 Å². The summed E-state index contributed by atoms with van der Waals surface area (Å²) < 4.78 is 128. The highest BCUT2D eigenvalue weighted by Gasteiger charge is 2.56. The Morgan fingerprint density at radius 1 is 0.797 bits per heavy atom. The van der Waals surface area contributed by atoms with E-state index in [-0.39, 0.29) is 19.4 Å². The molecule has 2 aromatic carbocycles. The molecule has 430 valence electrons. The summed E-state index contributed by atoms with van der Waals surface area (Å²) in [4.78, 5) is 63.5. The number of methoxy groups -OCH3 is 2. The molecule has 0 saturated carbocycles. The van der Waals surface area contributed by atoms with Crippen LogP contribution in [0.5, 0.6) is 0 Å². The Morgan fingerprint density at radius 2 is 1.42 bits per heavy atom. The summed E-state index contributed by atoms with van der Waals surface area (Å²) in [5, 5.41) is 20.3. The van der Waals surface area contributed by atoms with Crippen LogP contribution in [0.1, 0.15) is 69.3 Å². The maximum absolute atomic E-state index is 14.6. The van der Waals surface area contributed by atoms with Crippen molar-refractivity contribution in [2.24, 2.45) is 22.7 Å². The van der Waals surface area contributed by atoms with Crippen molar-refractivity contribution in [3.05, 3.63) is 102 Å². The van der Waals surface area contributed by atoms with E-state index in [1.807, 2.05) is 17.4 Å². The number of ether oxygens (including phenoxy) is 3. The van der Waals surface area contributed by atoms with Gasteiger partial charge in [-0.2, -0.15) is 40.2 Å². The number of Topliss-reactive ketones (excluding diaryl/α,β-unsaturated/α-hetero) is 1. The molecule has 0 spiro atoms. The minimum Gasteiger partial charge on any atom is -0.469 e. The van der Waals surface area contributed by atoms with E-state index in [9.17, 15) is 59.4 Å². The van der Waals surface area contributed by atoms with Crippen LogP contribution in [-0.2, 0) is 41.4 Å². The van der Waals surface area contributed by atoms with Crippen LogP contribution in [0.15, 0.2) is 79.3 Å². The van der Waals surface area contributed by atoms with Crippen LogP contribution < -0.4 is 15.5 Å². The second-order valence-corrected chi connectivity index (χ2v) is 20.8. The molecule has 2 aromatic heterocycles. The van der Waals surface area contributed by atoms with Gasteiger partial charge in [-0.3, -0.25) is 24.2 Å². The lowest BCUT2D eigenvalue weighted by Crippen LogP contribution is -2.56. The number of nitrogens with zero attached hydrogens (tertiary/aromatic N) is 6. The lowest BCUT2D eigenvalue weighted by Gasteiger charge is -2.42. The van der Waals surface area contributed by atoms with Gasteiger partial charge in [0.2, 0.25) is 5.91 Å². The lowest BCUT2D eigenvalue weighted by molar-refractivity contribution is -0.230. The maximum atomic E-state index is 14.6. The number of hydrogen-bond acceptors (Lipinski definition) is 13. The number of amides is 2. The van der Waals surface area contributed by atoms with E-state index in [0.717, 1.165) is 93.3 Å². The van der Waals surface area contributed by atoms with Crippen LogP contribution in [0.25, 0.3) is 11.1 Å². The number of hydrogen-bond donors (Lipinski definition) is 3. The first-order chi connectivity index (χ1) is 37.2. The van der Waals surface area contributed by atoms with Crippen LogP contribution in [-0.4, -0.2) is 157 Å². The highest BCUT2D eigenvalue weighted by Crippen LogP contribution is 2.45. The van der Waals surface area contributed by atoms with Gasteiger partial charge in [0.05, 0.1) is 75.6 Å². The summed E-state index contributed by atoms with van der Waals surface area (Å²) in [6, 6.07) is 15.4. The van der Waals surface area contributed by atoms with Gasteiger partial charge in [-0.15, -0.1) is 0 Å². The number of halogens is 8. The lowest BCUT2D eigenvalue weighted by atomic mass is 9.75. The predicted octanol–water partition coefficient (Wildman–Crippen LogP) is 7.44. The van der Waals surface area contributed by atoms with E-state index in [2.05, 4.69) is 46.5 Å². The number of ketones is 1. The molecule has 16 nitrogen and oxygen atoms in total. The van der Waals surface area contributed by atoms with Crippen molar-refractivity contribution in [2.45, 2.75) is 90.5 Å². The summed E-state index contributed by atoms with van der Waals surface area (Å²) in [5.74, 6) is 0.455. The summed E-state index contributed by atoms with van der Waals surface area (Å²) >= 11 is 0. The first kappa shape index (κ1) is 61.5. The molecule has 2 aliphatic rings. The quantitative estimate of drug-likeness (QED) is 0.0289. The zero-order valence-corrected chi connectivity index (χ0v) is 44.7. The number of carbonyl (C=O) groups excluding carboxylic acids is 4. The van der Waals surface area contributed by atoms with Crippen molar-refractivity contribution >= 4 is 29.6 Å². The summed E-state index contributed by atoms with van der Waals surface area (Å²) in [6.45, 7) is 4.13. The molecule has 24 heteroatoms. The minimum atomic E-state index is -5.02. The monoisotopic (exact) mass is 1120 g/mol. The second kappa shape index (κ2) is 26.5. The van der Waals surface area contributed by atoms with E-state index in [1.54, 1.807) is 54.7 Å². The molecule has 2 fully saturated rings. The van der Waals surface area contributed by atoms with E-state index in [1.165, 1.54) is 11.1 Å². The van der Waals surface area contributed by atoms with Crippen molar-refractivity contribution in [2.75, 3.05) is 78.3 Å². The number of aliphatic hydroxyl groups is 1. The number of esters is 1. The maximum Gasteiger partial charge on any atom is 0.407 e. The molecule has 4 atom stereocenters. The van der Waals surface area contributed by atoms with Gasteiger partial charge in [-0.05, 0) is 73.6 Å². The average Bonchev–Trinajstić information content (AvgIpc) is 4.02. The standard InChI is InChI=1S/C55H66F8N8O8/c1-52(2,54(58,59)60)43(27-47(74)77-5)49(75)65-34-68(20-19-36-13-16-39(17-14-36)41-29-66-71(30-41)50(56)57)31-45(73)40(26-44(72)48(67-51(76)78-6)53(3,4)55(61,62)63)25-37-10-7-35(8-11-37)9-12-38-15-18-46(64-28-38)70-23-21-69(22-24-70)42-32-79-33-42/h7-8,10-11,13-18,28-30,40,42-43,45,48,50,73H,19-27,31-34H2,1-6H3,(H,65,75)(H,67,76)/t40-,43-,45+,48-/m1/s1. The van der Waals surface area contributed by atoms with Crippen molar-refractivity contribution in [1.82, 2.24) is 35.2 Å². The molecule has 0 bridgehead atoms. The summed E-state index contributed by atoms with van der Waals surface area (Å²) in [5.41, 5.74) is -2.25. The Balaban J connectivity index is 1.25. The van der Waals surface area contributed by atoms with Crippen LogP contribution in [0, 0.1) is 34.5 Å². The van der Waals surface area contributed by atoms with Gasteiger partial charge in [0.25, 0.3) is 0 Å². The summed E-state index contributed by atoms with van der Waals surface area (Å²) in [6.07, 6.45) is -10.4. The minimum absolute atomic E-state index is 0.0300. The van der Waals surface area contributed by atoms with Gasteiger partial charge >= 0.3 is 31.0 Å². The Labute approximate surface area is 453 Å². The Bertz CT molecular complexity index is 2730. The number of rotatable bonds is 23. The highest BCUT2D eigenvalue weighted by molar-refractivity contribution is 5.88.